The normalized spacial score (nSPS) is 30.7. The highest BCUT2D eigenvalue weighted by molar-refractivity contribution is 5.98. The van der Waals surface area contributed by atoms with Gasteiger partial charge in [0.25, 0.3) is 0 Å². The Bertz CT molecular complexity index is 1040. The Hall–Kier alpha value is -2.96. The zero-order chi connectivity index (χ0) is 24.2. The zero-order valence-electron chi connectivity index (χ0n) is 20.5. The highest BCUT2D eigenvalue weighted by Crippen LogP contribution is 2.61. The molecule has 7 heteroatoms. The summed E-state index contributed by atoms with van der Waals surface area (Å²) in [5.74, 6) is 2.39. The molecule has 1 aromatic carbocycles. The van der Waals surface area contributed by atoms with E-state index in [0.717, 1.165) is 36.3 Å². The molecule has 0 N–H and O–H groups in total. The van der Waals surface area contributed by atoms with E-state index in [-0.39, 0.29) is 6.79 Å². The molecule has 0 spiro atoms. The van der Waals surface area contributed by atoms with Crippen molar-refractivity contribution < 1.29 is 28.5 Å². The lowest BCUT2D eigenvalue weighted by atomic mass is 9.49. The Morgan fingerprint density at radius 1 is 0.914 bits per heavy atom. The average molecular weight is 480 g/mol. The fourth-order valence-corrected chi connectivity index (χ4v) is 7.83. The van der Waals surface area contributed by atoms with E-state index in [1.165, 1.54) is 52.7 Å². The number of hydrogen-bond acceptors (Lipinski definition) is 7. The van der Waals surface area contributed by atoms with Gasteiger partial charge in [0.15, 0.2) is 11.5 Å². The lowest BCUT2D eigenvalue weighted by Gasteiger charge is -2.57. The third kappa shape index (κ3) is 3.99. The first-order valence-electron chi connectivity index (χ1n) is 12.7. The van der Waals surface area contributed by atoms with Crippen LogP contribution < -0.4 is 9.47 Å². The van der Waals surface area contributed by atoms with Gasteiger partial charge < -0.3 is 23.8 Å². The van der Waals surface area contributed by atoms with Crippen molar-refractivity contribution in [3.8, 4) is 11.5 Å². The van der Waals surface area contributed by atoms with Crippen molar-refractivity contribution >= 4 is 11.9 Å². The maximum Gasteiger partial charge on any atom is 0.336 e. The fraction of sp³-hybridized carbons (Fsp3) is 0.571. The van der Waals surface area contributed by atoms with E-state index in [9.17, 15) is 9.59 Å². The number of carbonyl (C=O) groups is 2. The van der Waals surface area contributed by atoms with Crippen LogP contribution in [0, 0.1) is 23.2 Å². The van der Waals surface area contributed by atoms with E-state index in [0.29, 0.717) is 28.1 Å². The molecular formula is C28H33NO6. The summed E-state index contributed by atoms with van der Waals surface area (Å²) < 4.78 is 21.3. The molecule has 2 aliphatic heterocycles. The second-order valence-corrected chi connectivity index (χ2v) is 11.1. The number of nitrogens with zero attached hydrogens (tertiary/aromatic N) is 1. The third-order valence-electron chi connectivity index (χ3n) is 8.87. The largest absolute Gasteiger partial charge is 0.466 e. The smallest absolute Gasteiger partial charge is 0.336 e. The molecule has 35 heavy (non-hydrogen) atoms. The van der Waals surface area contributed by atoms with Crippen LogP contribution in [-0.2, 0) is 19.1 Å². The van der Waals surface area contributed by atoms with Gasteiger partial charge in [-0.3, -0.25) is 0 Å². The van der Waals surface area contributed by atoms with Crippen molar-refractivity contribution in [1.29, 1.82) is 0 Å². The molecule has 4 saturated carbocycles. The number of ether oxygens (including phenoxy) is 4. The SMILES string of the molecule is COC(=O)C1=CN(CCC23CC4CC(CC(C4)C2)C3)C=C(C(=O)OC)C1c1ccc2c(c1)OCO2. The maximum absolute atomic E-state index is 13.0. The number of fused-ring (bicyclic) bond motifs is 1. The number of rotatable bonds is 6. The lowest BCUT2D eigenvalue weighted by molar-refractivity contribution is -0.137. The summed E-state index contributed by atoms with van der Waals surface area (Å²) in [5.41, 5.74) is 1.99. The molecule has 0 radical (unpaired) electrons. The van der Waals surface area contributed by atoms with Crippen LogP contribution in [0.5, 0.6) is 11.5 Å². The number of methoxy groups -OCH3 is 2. The predicted molar refractivity (Wildman–Crippen MR) is 127 cm³/mol. The van der Waals surface area contributed by atoms with E-state index < -0.39 is 17.9 Å². The molecule has 4 bridgehead atoms. The molecule has 0 atom stereocenters. The quantitative estimate of drug-likeness (QED) is 0.555. The van der Waals surface area contributed by atoms with E-state index in [1.807, 2.05) is 29.4 Å². The lowest BCUT2D eigenvalue weighted by Crippen LogP contribution is -2.47. The van der Waals surface area contributed by atoms with Gasteiger partial charge in [-0.25, -0.2) is 9.59 Å². The second-order valence-electron chi connectivity index (χ2n) is 11.1. The molecule has 0 unspecified atom stereocenters. The molecule has 4 aliphatic carbocycles. The molecule has 0 amide bonds. The van der Waals surface area contributed by atoms with Gasteiger partial charge in [-0.2, -0.15) is 0 Å². The highest BCUT2D eigenvalue weighted by atomic mass is 16.7. The summed E-state index contributed by atoms with van der Waals surface area (Å²) in [7, 11) is 2.74. The van der Waals surface area contributed by atoms with Crippen LogP contribution in [0.1, 0.15) is 56.4 Å². The average Bonchev–Trinajstić information content (AvgIpc) is 3.33. The molecule has 2 heterocycles. The number of esters is 2. The highest BCUT2D eigenvalue weighted by Gasteiger charge is 2.50. The third-order valence-corrected chi connectivity index (χ3v) is 8.87. The van der Waals surface area contributed by atoms with E-state index in [4.69, 9.17) is 18.9 Å². The molecule has 4 fully saturated rings. The van der Waals surface area contributed by atoms with Crippen molar-refractivity contribution in [1.82, 2.24) is 4.90 Å². The Balaban J connectivity index is 1.30. The van der Waals surface area contributed by atoms with Crippen molar-refractivity contribution in [2.45, 2.75) is 50.9 Å². The zero-order valence-corrected chi connectivity index (χ0v) is 20.5. The minimum atomic E-state index is -0.611. The van der Waals surface area contributed by atoms with Crippen LogP contribution in [0.15, 0.2) is 41.7 Å². The second kappa shape index (κ2) is 8.61. The summed E-state index contributed by atoms with van der Waals surface area (Å²) in [6.45, 7) is 0.919. The molecule has 7 rings (SSSR count). The molecule has 0 saturated heterocycles. The Morgan fingerprint density at radius 3 is 2.06 bits per heavy atom. The van der Waals surface area contributed by atoms with Gasteiger partial charge in [0.2, 0.25) is 6.79 Å². The maximum atomic E-state index is 13.0. The van der Waals surface area contributed by atoms with Crippen LogP contribution >= 0.6 is 0 Å². The monoisotopic (exact) mass is 479 g/mol. The standard InChI is InChI=1S/C28H33NO6/c1-32-26(30)21-14-29(6-5-28-11-17-7-18(12-28)9-19(8-17)13-28)15-22(27(31)33-2)25(21)20-3-4-23-24(10-20)35-16-34-23/h3-4,10,14-15,17-19,25H,5-9,11-13,16H2,1-2H3. The Morgan fingerprint density at radius 2 is 1.49 bits per heavy atom. The fourth-order valence-electron chi connectivity index (χ4n) is 7.83. The van der Waals surface area contributed by atoms with Crippen LogP contribution in [0.3, 0.4) is 0 Å². The first kappa shape index (κ1) is 22.5. The van der Waals surface area contributed by atoms with Gasteiger partial charge in [0.1, 0.15) is 0 Å². The molecule has 186 valence electrons. The van der Waals surface area contributed by atoms with Crippen LogP contribution in [0.4, 0.5) is 0 Å². The van der Waals surface area contributed by atoms with Crippen molar-refractivity contribution in [3.63, 3.8) is 0 Å². The van der Waals surface area contributed by atoms with Crippen molar-refractivity contribution in [2.24, 2.45) is 23.2 Å². The van der Waals surface area contributed by atoms with Crippen LogP contribution in [-0.4, -0.2) is 44.4 Å². The predicted octanol–water partition coefficient (Wildman–Crippen LogP) is 4.53. The molecular weight excluding hydrogens is 446 g/mol. The minimum Gasteiger partial charge on any atom is -0.466 e. The topological polar surface area (TPSA) is 74.3 Å². The number of hydrogen-bond donors (Lipinski definition) is 0. The molecule has 1 aromatic rings. The summed E-state index contributed by atoms with van der Waals surface area (Å²) in [6.07, 6.45) is 13.0. The number of benzene rings is 1. The summed E-state index contributed by atoms with van der Waals surface area (Å²) in [6, 6.07) is 5.49. The van der Waals surface area contributed by atoms with Gasteiger partial charge in [0.05, 0.1) is 31.3 Å². The minimum absolute atomic E-state index is 0.154. The Labute approximate surface area is 206 Å². The first-order chi connectivity index (χ1) is 17.0. The van der Waals surface area contributed by atoms with Gasteiger partial charge in [-0.15, -0.1) is 0 Å². The summed E-state index contributed by atoms with van der Waals surface area (Å²) in [4.78, 5) is 27.9. The van der Waals surface area contributed by atoms with E-state index >= 15 is 0 Å². The molecule has 6 aliphatic rings. The van der Waals surface area contributed by atoms with E-state index in [2.05, 4.69) is 0 Å². The number of carbonyl (C=O) groups excluding carboxylic acids is 2. The van der Waals surface area contributed by atoms with E-state index in [1.54, 1.807) is 6.07 Å². The molecule has 0 aromatic heterocycles. The van der Waals surface area contributed by atoms with Crippen LogP contribution in [0.2, 0.25) is 0 Å². The Kier molecular flexibility index (Phi) is 5.53. The first-order valence-corrected chi connectivity index (χ1v) is 12.7. The summed E-state index contributed by atoms with van der Waals surface area (Å²) >= 11 is 0. The van der Waals surface area contributed by atoms with Gasteiger partial charge in [-0.05, 0) is 85.8 Å². The van der Waals surface area contributed by atoms with Crippen molar-refractivity contribution in [3.05, 3.63) is 47.3 Å². The van der Waals surface area contributed by atoms with Crippen LogP contribution in [0.25, 0.3) is 0 Å². The molecule has 7 nitrogen and oxygen atoms in total. The summed E-state index contributed by atoms with van der Waals surface area (Å²) in [5, 5.41) is 0. The van der Waals surface area contributed by atoms with Gasteiger partial charge in [0, 0.05) is 18.9 Å². The van der Waals surface area contributed by atoms with Crippen molar-refractivity contribution in [2.75, 3.05) is 27.6 Å². The van der Waals surface area contributed by atoms with Gasteiger partial charge >= 0.3 is 11.9 Å². The van der Waals surface area contributed by atoms with Gasteiger partial charge in [-0.1, -0.05) is 6.07 Å².